The second kappa shape index (κ2) is 5.86. The van der Waals surface area contributed by atoms with Gasteiger partial charge in [-0.2, -0.15) is 5.10 Å². The standard InChI is InChI=1S/C10H15ClN2O3S/c1-5-8(10(11)13(3)12-5)9(16)7(15)4-17-6(2)14/h7,9,15-16H,4H2,1-3H3. The van der Waals surface area contributed by atoms with Crippen LogP contribution >= 0.6 is 23.4 Å². The summed E-state index contributed by atoms with van der Waals surface area (Å²) < 4.78 is 1.43. The van der Waals surface area contributed by atoms with Gasteiger partial charge in [-0.1, -0.05) is 23.4 Å². The Hall–Kier alpha value is -0.560. The number of thioether (sulfide) groups is 1. The van der Waals surface area contributed by atoms with Gasteiger partial charge in [0.25, 0.3) is 0 Å². The van der Waals surface area contributed by atoms with Crippen molar-refractivity contribution in [3.05, 3.63) is 16.4 Å². The van der Waals surface area contributed by atoms with E-state index < -0.39 is 12.2 Å². The first-order chi connectivity index (χ1) is 7.84. The highest BCUT2D eigenvalue weighted by Gasteiger charge is 2.26. The Morgan fingerprint density at radius 3 is 2.59 bits per heavy atom. The third kappa shape index (κ3) is 3.45. The molecular weight excluding hydrogens is 264 g/mol. The number of aliphatic hydroxyl groups excluding tert-OH is 2. The van der Waals surface area contributed by atoms with Gasteiger partial charge in [0, 0.05) is 25.3 Å². The van der Waals surface area contributed by atoms with E-state index in [9.17, 15) is 15.0 Å². The van der Waals surface area contributed by atoms with Gasteiger partial charge >= 0.3 is 0 Å². The van der Waals surface area contributed by atoms with E-state index in [0.29, 0.717) is 16.4 Å². The molecule has 0 fully saturated rings. The zero-order valence-electron chi connectivity index (χ0n) is 9.85. The van der Waals surface area contributed by atoms with Crippen LogP contribution in [0.15, 0.2) is 0 Å². The van der Waals surface area contributed by atoms with Crippen LogP contribution in [-0.4, -0.2) is 37.0 Å². The Morgan fingerprint density at radius 2 is 2.18 bits per heavy atom. The number of carbonyl (C=O) groups is 1. The van der Waals surface area contributed by atoms with Crippen molar-refractivity contribution in [3.8, 4) is 0 Å². The Kier molecular flexibility index (Phi) is 5.00. The van der Waals surface area contributed by atoms with E-state index in [2.05, 4.69) is 5.10 Å². The molecule has 0 aliphatic heterocycles. The van der Waals surface area contributed by atoms with Crippen LogP contribution in [0.3, 0.4) is 0 Å². The molecule has 1 heterocycles. The quantitative estimate of drug-likeness (QED) is 0.861. The van der Waals surface area contributed by atoms with E-state index in [1.807, 2.05) is 0 Å². The van der Waals surface area contributed by atoms with Crippen molar-refractivity contribution in [2.45, 2.75) is 26.1 Å². The van der Waals surface area contributed by atoms with Gasteiger partial charge < -0.3 is 10.2 Å². The number of nitrogens with zero attached hydrogens (tertiary/aromatic N) is 2. The Morgan fingerprint density at radius 1 is 1.59 bits per heavy atom. The minimum atomic E-state index is -1.14. The molecule has 0 spiro atoms. The molecule has 2 unspecified atom stereocenters. The van der Waals surface area contributed by atoms with Crippen LogP contribution < -0.4 is 0 Å². The molecule has 0 amide bonds. The Bertz CT molecular complexity index is 422. The first kappa shape index (κ1) is 14.5. The van der Waals surface area contributed by atoms with Crippen molar-refractivity contribution in [3.63, 3.8) is 0 Å². The minimum absolute atomic E-state index is 0.106. The van der Waals surface area contributed by atoms with Gasteiger partial charge in [-0.15, -0.1) is 0 Å². The highest BCUT2D eigenvalue weighted by atomic mass is 35.5. The summed E-state index contributed by atoms with van der Waals surface area (Å²) in [6.07, 6.45) is -2.19. The van der Waals surface area contributed by atoms with Gasteiger partial charge in [0.2, 0.25) is 0 Å². The van der Waals surface area contributed by atoms with E-state index in [1.165, 1.54) is 11.6 Å². The van der Waals surface area contributed by atoms with Crippen LogP contribution in [0.2, 0.25) is 5.15 Å². The average Bonchev–Trinajstić information content (AvgIpc) is 2.49. The van der Waals surface area contributed by atoms with Gasteiger partial charge in [0.1, 0.15) is 11.3 Å². The van der Waals surface area contributed by atoms with Crippen molar-refractivity contribution < 1.29 is 15.0 Å². The molecular formula is C10H15ClN2O3S. The average molecular weight is 279 g/mol. The van der Waals surface area contributed by atoms with E-state index >= 15 is 0 Å². The van der Waals surface area contributed by atoms with Crippen LogP contribution in [-0.2, 0) is 11.8 Å². The van der Waals surface area contributed by atoms with E-state index in [-0.39, 0.29) is 10.9 Å². The monoisotopic (exact) mass is 278 g/mol. The number of aryl methyl sites for hydroxylation is 2. The number of hydrogen-bond acceptors (Lipinski definition) is 5. The van der Waals surface area contributed by atoms with Gasteiger partial charge in [0.15, 0.2) is 5.12 Å². The molecule has 1 aromatic rings. The third-order valence-corrected chi connectivity index (χ3v) is 3.68. The smallest absolute Gasteiger partial charge is 0.185 e. The van der Waals surface area contributed by atoms with E-state index in [1.54, 1.807) is 14.0 Å². The number of hydrogen-bond donors (Lipinski definition) is 2. The Balaban J connectivity index is 2.81. The molecule has 0 aliphatic rings. The summed E-state index contributed by atoms with van der Waals surface area (Å²) in [5.74, 6) is 0.126. The van der Waals surface area contributed by atoms with Crippen LogP contribution in [0.1, 0.15) is 24.3 Å². The van der Waals surface area contributed by atoms with Gasteiger partial charge in [-0.05, 0) is 6.92 Å². The summed E-state index contributed by atoms with van der Waals surface area (Å²) in [7, 11) is 1.66. The highest BCUT2D eigenvalue weighted by molar-refractivity contribution is 8.13. The minimum Gasteiger partial charge on any atom is -0.389 e. The second-order valence-corrected chi connectivity index (χ2v) is 5.28. The fourth-order valence-corrected chi connectivity index (χ4v) is 2.34. The molecule has 1 rings (SSSR count). The molecule has 2 atom stereocenters. The molecule has 5 nitrogen and oxygen atoms in total. The Labute approximate surface area is 109 Å². The number of aromatic nitrogens is 2. The largest absolute Gasteiger partial charge is 0.389 e. The van der Waals surface area contributed by atoms with Crippen molar-refractivity contribution in [2.24, 2.45) is 7.05 Å². The lowest BCUT2D eigenvalue weighted by molar-refractivity contribution is -0.109. The number of rotatable bonds is 4. The molecule has 0 radical (unpaired) electrons. The van der Waals surface area contributed by atoms with E-state index in [0.717, 1.165) is 11.8 Å². The SMILES string of the molecule is CC(=O)SCC(O)C(O)c1c(C)nn(C)c1Cl. The van der Waals surface area contributed by atoms with Crippen LogP contribution in [0.5, 0.6) is 0 Å². The lowest BCUT2D eigenvalue weighted by atomic mass is 10.1. The summed E-state index contributed by atoms with van der Waals surface area (Å²) in [5, 5.41) is 24.0. The molecule has 7 heteroatoms. The van der Waals surface area contributed by atoms with Crippen LogP contribution in [0.4, 0.5) is 0 Å². The van der Waals surface area contributed by atoms with Crippen molar-refractivity contribution in [1.29, 1.82) is 0 Å². The van der Waals surface area contributed by atoms with Gasteiger partial charge in [0.05, 0.1) is 11.8 Å². The number of carbonyl (C=O) groups excluding carboxylic acids is 1. The summed E-state index contributed by atoms with van der Waals surface area (Å²) in [5.41, 5.74) is 0.975. The molecule has 17 heavy (non-hydrogen) atoms. The lowest BCUT2D eigenvalue weighted by Gasteiger charge is -2.16. The molecule has 0 saturated heterocycles. The molecule has 0 aromatic carbocycles. The normalized spacial score (nSPS) is 14.7. The zero-order chi connectivity index (χ0) is 13.2. The second-order valence-electron chi connectivity index (χ2n) is 3.73. The van der Waals surface area contributed by atoms with Crippen molar-refractivity contribution in [2.75, 3.05) is 5.75 Å². The summed E-state index contributed by atoms with van der Waals surface area (Å²) in [6, 6.07) is 0. The van der Waals surface area contributed by atoms with Crippen LogP contribution in [0, 0.1) is 6.92 Å². The number of aliphatic hydroxyl groups is 2. The number of halogens is 1. The van der Waals surface area contributed by atoms with E-state index in [4.69, 9.17) is 11.6 Å². The molecule has 0 saturated carbocycles. The fourth-order valence-electron chi connectivity index (χ4n) is 1.47. The summed E-state index contributed by atoms with van der Waals surface area (Å²) in [6.45, 7) is 3.11. The molecule has 2 N–H and O–H groups in total. The predicted octanol–water partition coefficient (Wildman–Crippen LogP) is 1.06. The topological polar surface area (TPSA) is 75.3 Å². The fraction of sp³-hybridized carbons (Fsp3) is 0.600. The van der Waals surface area contributed by atoms with Crippen molar-refractivity contribution in [1.82, 2.24) is 9.78 Å². The molecule has 96 valence electrons. The van der Waals surface area contributed by atoms with Gasteiger partial charge in [-0.3, -0.25) is 9.48 Å². The molecule has 0 bridgehead atoms. The maximum atomic E-state index is 10.8. The first-order valence-electron chi connectivity index (χ1n) is 5.03. The van der Waals surface area contributed by atoms with Crippen molar-refractivity contribution >= 4 is 28.5 Å². The predicted molar refractivity (Wildman–Crippen MR) is 67.1 cm³/mol. The molecule has 1 aromatic heterocycles. The lowest BCUT2D eigenvalue weighted by Crippen LogP contribution is -2.22. The summed E-state index contributed by atoms with van der Waals surface area (Å²) in [4.78, 5) is 10.8. The third-order valence-electron chi connectivity index (χ3n) is 2.31. The maximum Gasteiger partial charge on any atom is 0.185 e. The first-order valence-corrected chi connectivity index (χ1v) is 6.39. The molecule has 0 aliphatic carbocycles. The zero-order valence-corrected chi connectivity index (χ0v) is 11.4. The van der Waals surface area contributed by atoms with Crippen LogP contribution in [0.25, 0.3) is 0 Å². The summed E-state index contributed by atoms with van der Waals surface area (Å²) >= 11 is 6.93. The highest BCUT2D eigenvalue weighted by Crippen LogP contribution is 2.29. The van der Waals surface area contributed by atoms with Gasteiger partial charge in [-0.25, -0.2) is 0 Å². The maximum absolute atomic E-state index is 10.8.